The van der Waals surface area contributed by atoms with Gasteiger partial charge in [0.15, 0.2) is 0 Å². The van der Waals surface area contributed by atoms with Crippen LogP contribution in [0.3, 0.4) is 0 Å². The molecule has 3 heterocycles. The predicted octanol–water partition coefficient (Wildman–Crippen LogP) is 1.93. The second-order valence-electron chi connectivity index (χ2n) is 7.54. The Labute approximate surface area is 157 Å². The molecule has 27 heavy (non-hydrogen) atoms. The van der Waals surface area contributed by atoms with E-state index in [1.807, 2.05) is 30.3 Å². The number of amides is 1. The second kappa shape index (κ2) is 6.68. The summed E-state index contributed by atoms with van der Waals surface area (Å²) >= 11 is 0. The molecule has 140 valence electrons. The van der Waals surface area contributed by atoms with Crippen molar-refractivity contribution in [2.45, 2.75) is 44.3 Å². The normalized spacial score (nSPS) is 26.3. The molecule has 1 N–H and O–H groups in total. The molecule has 1 amide bonds. The molecular weight excluding hydrogens is 344 g/mol. The van der Waals surface area contributed by atoms with Gasteiger partial charge >= 0.3 is 5.97 Å². The summed E-state index contributed by atoms with van der Waals surface area (Å²) in [6.07, 6.45) is 3.99. The topological polar surface area (TPSA) is 79.6 Å². The lowest BCUT2D eigenvalue weighted by Crippen LogP contribution is -2.47. The molecule has 1 aromatic heterocycles. The summed E-state index contributed by atoms with van der Waals surface area (Å²) in [5, 5.41) is 10.1. The molecule has 2 saturated heterocycles. The van der Waals surface area contributed by atoms with E-state index in [1.165, 1.54) is 10.6 Å². The van der Waals surface area contributed by atoms with Crippen molar-refractivity contribution in [2.24, 2.45) is 5.41 Å². The molecule has 3 atom stereocenters. The number of rotatable bonds is 5. The van der Waals surface area contributed by atoms with Crippen molar-refractivity contribution in [1.82, 2.24) is 9.47 Å². The van der Waals surface area contributed by atoms with Crippen LogP contribution in [0.4, 0.5) is 0 Å². The molecule has 0 radical (unpaired) electrons. The molecule has 0 spiro atoms. The molecular formula is C21H22N2O4. The van der Waals surface area contributed by atoms with E-state index < -0.39 is 11.4 Å². The molecule has 2 aliphatic heterocycles. The minimum Gasteiger partial charge on any atom is -0.481 e. The molecule has 2 fully saturated rings. The van der Waals surface area contributed by atoms with Crippen molar-refractivity contribution in [3.05, 3.63) is 70.6 Å². The number of nitrogens with zero attached hydrogens (tertiary/aromatic N) is 2. The van der Waals surface area contributed by atoms with Crippen LogP contribution in [0.25, 0.3) is 0 Å². The van der Waals surface area contributed by atoms with E-state index in [0.29, 0.717) is 19.3 Å². The second-order valence-corrected chi connectivity index (χ2v) is 7.54. The largest absolute Gasteiger partial charge is 0.481 e. The number of benzene rings is 1. The van der Waals surface area contributed by atoms with Crippen LogP contribution in [0, 0.1) is 5.41 Å². The number of hydrogen-bond donors (Lipinski definition) is 1. The van der Waals surface area contributed by atoms with E-state index >= 15 is 0 Å². The summed E-state index contributed by atoms with van der Waals surface area (Å²) in [4.78, 5) is 38.9. The van der Waals surface area contributed by atoms with Crippen molar-refractivity contribution in [3.63, 3.8) is 0 Å². The van der Waals surface area contributed by atoms with Gasteiger partial charge in [0.1, 0.15) is 6.54 Å². The summed E-state index contributed by atoms with van der Waals surface area (Å²) in [6, 6.07) is 14.0. The van der Waals surface area contributed by atoms with Gasteiger partial charge in [-0.2, -0.15) is 0 Å². The first-order valence-corrected chi connectivity index (χ1v) is 9.25. The monoisotopic (exact) mass is 366 g/mol. The van der Waals surface area contributed by atoms with Crippen LogP contribution < -0.4 is 5.56 Å². The lowest BCUT2D eigenvalue weighted by atomic mass is 9.70. The van der Waals surface area contributed by atoms with Gasteiger partial charge in [-0.25, -0.2) is 0 Å². The standard InChI is InChI=1S/C21H22N2O4/c24-18-8-4-5-11-22(18)14-19(25)23-16-9-10-17(23)21(13-16,20(26)27)12-15-6-2-1-3-7-15/h1-8,11,16-17H,9-10,12-14H2,(H,26,27)/t16-,17+,21+/m0/s1. The summed E-state index contributed by atoms with van der Waals surface area (Å²) in [7, 11) is 0. The number of aromatic nitrogens is 1. The van der Waals surface area contributed by atoms with Crippen molar-refractivity contribution < 1.29 is 14.7 Å². The summed E-state index contributed by atoms with van der Waals surface area (Å²) < 4.78 is 1.37. The highest BCUT2D eigenvalue weighted by atomic mass is 16.4. The van der Waals surface area contributed by atoms with Gasteiger partial charge in [0, 0.05) is 24.3 Å². The Morgan fingerprint density at radius 3 is 2.52 bits per heavy atom. The third kappa shape index (κ3) is 2.95. The minimum absolute atomic E-state index is 0.0479. The Hall–Kier alpha value is -2.89. The molecule has 0 unspecified atom stereocenters. The van der Waals surface area contributed by atoms with E-state index in [1.54, 1.807) is 23.2 Å². The molecule has 1 aromatic carbocycles. The molecule has 0 saturated carbocycles. The minimum atomic E-state index is -0.957. The lowest BCUT2D eigenvalue weighted by molar-refractivity contribution is -0.151. The SMILES string of the molecule is O=C(Cn1ccccc1=O)N1[C@H]2CC[C@@H]1[C@](Cc1ccccc1)(C(=O)O)C2. The van der Waals surface area contributed by atoms with Gasteiger partial charge in [-0.1, -0.05) is 36.4 Å². The van der Waals surface area contributed by atoms with Crippen LogP contribution in [0.15, 0.2) is 59.5 Å². The van der Waals surface area contributed by atoms with Gasteiger partial charge in [-0.3, -0.25) is 14.4 Å². The highest BCUT2D eigenvalue weighted by molar-refractivity contribution is 5.83. The first kappa shape index (κ1) is 17.5. The van der Waals surface area contributed by atoms with Gasteiger partial charge in [0.05, 0.1) is 5.41 Å². The number of carboxylic acids is 1. The average molecular weight is 366 g/mol. The third-order valence-electron chi connectivity index (χ3n) is 6.02. The summed E-state index contributed by atoms with van der Waals surface area (Å²) in [5.41, 5.74) is -0.216. The fourth-order valence-electron chi connectivity index (χ4n) is 4.83. The van der Waals surface area contributed by atoms with Crippen LogP contribution in [0.2, 0.25) is 0 Å². The smallest absolute Gasteiger partial charge is 0.312 e. The van der Waals surface area contributed by atoms with E-state index in [2.05, 4.69) is 0 Å². The maximum atomic E-state index is 13.0. The quantitative estimate of drug-likeness (QED) is 0.877. The van der Waals surface area contributed by atoms with Gasteiger partial charge in [-0.15, -0.1) is 0 Å². The highest BCUT2D eigenvalue weighted by Crippen LogP contribution is 2.51. The Morgan fingerprint density at radius 2 is 1.81 bits per heavy atom. The van der Waals surface area contributed by atoms with Crippen molar-refractivity contribution in [2.75, 3.05) is 0 Å². The van der Waals surface area contributed by atoms with Gasteiger partial charge in [-0.05, 0) is 37.3 Å². The van der Waals surface area contributed by atoms with E-state index in [0.717, 1.165) is 12.0 Å². The molecule has 2 aliphatic rings. The number of carboxylic acid groups (broad SMARTS) is 1. The zero-order valence-corrected chi connectivity index (χ0v) is 15.0. The molecule has 4 rings (SSSR count). The maximum absolute atomic E-state index is 13.0. The fraction of sp³-hybridized carbons (Fsp3) is 0.381. The summed E-state index contributed by atoms with van der Waals surface area (Å²) in [6.45, 7) is -0.0479. The van der Waals surface area contributed by atoms with E-state index in [-0.39, 0.29) is 30.1 Å². The van der Waals surface area contributed by atoms with Crippen molar-refractivity contribution in [3.8, 4) is 0 Å². The number of fused-ring (bicyclic) bond motifs is 2. The lowest BCUT2D eigenvalue weighted by Gasteiger charge is -2.33. The summed E-state index contributed by atoms with van der Waals surface area (Å²) in [5.74, 6) is -1.01. The van der Waals surface area contributed by atoms with Gasteiger partial charge in [0.25, 0.3) is 5.56 Å². The van der Waals surface area contributed by atoms with Crippen molar-refractivity contribution >= 4 is 11.9 Å². The Balaban J connectivity index is 1.61. The van der Waals surface area contributed by atoms with Crippen LogP contribution in [-0.4, -0.2) is 38.5 Å². The average Bonchev–Trinajstić information content (AvgIpc) is 3.21. The van der Waals surface area contributed by atoms with E-state index in [9.17, 15) is 19.5 Å². The number of hydrogen-bond acceptors (Lipinski definition) is 3. The Morgan fingerprint density at radius 1 is 1.07 bits per heavy atom. The number of pyridine rings is 1. The van der Waals surface area contributed by atoms with Crippen LogP contribution in [0.1, 0.15) is 24.8 Å². The molecule has 2 bridgehead atoms. The molecule has 6 heteroatoms. The first-order chi connectivity index (χ1) is 13.0. The maximum Gasteiger partial charge on any atom is 0.312 e. The fourth-order valence-corrected chi connectivity index (χ4v) is 4.83. The van der Waals surface area contributed by atoms with Gasteiger partial charge in [0.2, 0.25) is 5.91 Å². The first-order valence-electron chi connectivity index (χ1n) is 9.25. The van der Waals surface area contributed by atoms with E-state index in [4.69, 9.17) is 0 Å². The van der Waals surface area contributed by atoms with Crippen LogP contribution in [0.5, 0.6) is 0 Å². The van der Waals surface area contributed by atoms with Crippen molar-refractivity contribution in [1.29, 1.82) is 0 Å². The Bertz CT molecular complexity index is 923. The molecule has 2 aromatic rings. The zero-order valence-electron chi connectivity index (χ0n) is 15.0. The zero-order chi connectivity index (χ0) is 19.0. The van der Waals surface area contributed by atoms with Crippen LogP contribution in [-0.2, 0) is 22.6 Å². The van der Waals surface area contributed by atoms with Crippen LogP contribution >= 0.6 is 0 Å². The van der Waals surface area contributed by atoms with Gasteiger partial charge < -0.3 is 14.6 Å². The third-order valence-corrected chi connectivity index (χ3v) is 6.02. The number of aliphatic carboxylic acids is 1. The Kier molecular flexibility index (Phi) is 4.34. The number of carbonyl (C=O) groups excluding carboxylic acids is 1. The molecule has 6 nitrogen and oxygen atoms in total. The number of carbonyl (C=O) groups is 2. The highest BCUT2D eigenvalue weighted by Gasteiger charge is 2.61. The molecule has 0 aliphatic carbocycles. The predicted molar refractivity (Wildman–Crippen MR) is 99.2 cm³/mol.